The molecular weight excluding hydrogens is 284 g/mol. The minimum atomic E-state index is -1.33. The van der Waals surface area contributed by atoms with Crippen molar-refractivity contribution in [2.45, 2.75) is 0 Å². The number of hydrogen-bond donors (Lipinski definition) is 3. The van der Waals surface area contributed by atoms with Gasteiger partial charge >= 0.3 is 0 Å². The zero-order valence-corrected chi connectivity index (χ0v) is 9.35. The number of aromatic hydroxyl groups is 1. The smallest absolute Gasteiger partial charge is 0.202 e. The van der Waals surface area contributed by atoms with E-state index in [4.69, 9.17) is 10.8 Å². The van der Waals surface area contributed by atoms with E-state index in [1.165, 1.54) is 12.3 Å². The molecule has 4 nitrogen and oxygen atoms in total. The molecule has 2 rings (SSSR count). The topological polar surface area (TPSA) is 74.9 Å². The average molecular weight is 290 g/mol. The number of nitrogen functional groups attached to an aromatic ring is 1. The lowest BCUT2D eigenvalue weighted by Crippen LogP contribution is -1.94. The fourth-order valence-electron chi connectivity index (χ4n) is 1.29. The molecule has 0 spiro atoms. The summed E-state index contributed by atoms with van der Waals surface area (Å²) in [7, 11) is 0. The first-order valence-electron chi connectivity index (χ1n) is 4.18. The molecule has 0 unspecified atom stereocenters. The number of phenolic OH excluding ortho intramolecular Hbond substituents is 1. The van der Waals surface area contributed by atoms with Gasteiger partial charge in [-0.1, -0.05) is 0 Å². The fourth-order valence-corrected chi connectivity index (χ4v) is 1.70. The first-order chi connectivity index (χ1) is 7.52. The Morgan fingerprint density at radius 2 is 2.00 bits per heavy atom. The molecule has 1 aromatic heterocycles. The molecule has 0 amide bonds. The zero-order chi connectivity index (χ0) is 11.9. The van der Waals surface area contributed by atoms with E-state index in [-0.39, 0.29) is 21.4 Å². The summed E-state index contributed by atoms with van der Waals surface area (Å²) in [5.41, 5.74) is 5.65. The Morgan fingerprint density at radius 3 is 2.56 bits per heavy atom. The van der Waals surface area contributed by atoms with Gasteiger partial charge in [-0.25, -0.2) is 4.39 Å². The van der Waals surface area contributed by atoms with Crippen LogP contribution in [0.5, 0.6) is 5.75 Å². The summed E-state index contributed by atoms with van der Waals surface area (Å²) < 4.78 is 26.8. The van der Waals surface area contributed by atoms with Gasteiger partial charge in [-0.05, 0) is 22.0 Å². The van der Waals surface area contributed by atoms with Crippen LogP contribution in [0.4, 0.5) is 14.6 Å². The third-order valence-corrected chi connectivity index (χ3v) is 2.70. The van der Waals surface area contributed by atoms with Gasteiger partial charge in [0.15, 0.2) is 11.6 Å². The number of hydrogen-bond acceptors (Lipinski definition) is 3. The van der Waals surface area contributed by atoms with Crippen LogP contribution in [0, 0.1) is 11.6 Å². The van der Waals surface area contributed by atoms with Crippen molar-refractivity contribution in [2.75, 3.05) is 5.73 Å². The van der Waals surface area contributed by atoms with E-state index < -0.39 is 17.4 Å². The number of aromatic nitrogens is 2. The molecule has 0 radical (unpaired) electrons. The lowest BCUT2D eigenvalue weighted by molar-refractivity contribution is 0.405. The minimum absolute atomic E-state index is 0.0435. The van der Waals surface area contributed by atoms with Crippen LogP contribution >= 0.6 is 15.9 Å². The average Bonchev–Trinajstić information content (AvgIpc) is 2.67. The van der Waals surface area contributed by atoms with Crippen LogP contribution in [-0.4, -0.2) is 15.3 Å². The van der Waals surface area contributed by atoms with Crippen LogP contribution in [0.1, 0.15) is 0 Å². The largest absolute Gasteiger partial charge is 0.504 e. The Kier molecular flexibility index (Phi) is 2.55. The minimum Gasteiger partial charge on any atom is -0.504 e. The fraction of sp³-hybridized carbons (Fsp3) is 0. The number of nitrogens with one attached hydrogen (secondary N) is 1. The van der Waals surface area contributed by atoms with Crippen LogP contribution in [0.3, 0.4) is 0 Å². The van der Waals surface area contributed by atoms with Crippen LogP contribution in [0.25, 0.3) is 11.1 Å². The first kappa shape index (κ1) is 10.9. The van der Waals surface area contributed by atoms with Crippen molar-refractivity contribution >= 4 is 21.7 Å². The molecule has 1 heterocycles. The van der Waals surface area contributed by atoms with E-state index in [2.05, 4.69) is 26.1 Å². The molecule has 0 bridgehead atoms. The highest BCUT2D eigenvalue weighted by Gasteiger charge is 2.19. The van der Waals surface area contributed by atoms with Gasteiger partial charge in [0, 0.05) is 11.1 Å². The number of rotatable bonds is 1. The molecule has 1 aromatic carbocycles. The maximum atomic E-state index is 13.5. The number of nitrogens with zero attached hydrogens (tertiary/aromatic N) is 1. The van der Waals surface area contributed by atoms with Gasteiger partial charge < -0.3 is 10.8 Å². The molecule has 0 fully saturated rings. The second-order valence-electron chi connectivity index (χ2n) is 3.08. The number of benzene rings is 1. The quantitative estimate of drug-likeness (QED) is 0.706. The van der Waals surface area contributed by atoms with Crippen LogP contribution in [0.15, 0.2) is 16.7 Å². The molecule has 0 saturated heterocycles. The molecule has 0 aliphatic rings. The number of anilines is 1. The van der Waals surface area contributed by atoms with Crippen molar-refractivity contribution in [1.29, 1.82) is 0 Å². The van der Waals surface area contributed by atoms with Crippen molar-refractivity contribution in [3.63, 3.8) is 0 Å². The van der Waals surface area contributed by atoms with Crippen LogP contribution in [-0.2, 0) is 0 Å². The zero-order valence-electron chi connectivity index (χ0n) is 7.76. The predicted molar refractivity (Wildman–Crippen MR) is 57.7 cm³/mol. The lowest BCUT2D eigenvalue weighted by atomic mass is 10.1. The highest BCUT2D eigenvalue weighted by Crippen LogP contribution is 2.36. The summed E-state index contributed by atoms with van der Waals surface area (Å²) in [6, 6.07) is 1.23. The van der Waals surface area contributed by atoms with Gasteiger partial charge in [0.1, 0.15) is 5.82 Å². The number of aromatic amines is 1. The molecule has 2 aromatic rings. The highest BCUT2D eigenvalue weighted by molar-refractivity contribution is 9.10. The summed E-state index contributed by atoms with van der Waals surface area (Å²) in [6.45, 7) is 0. The van der Waals surface area contributed by atoms with E-state index in [1.54, 1.807) is 0 Å². The van der Waals surface area contributed by atoms with Gasteiger partial charge in [-0.3, -0.25) is 5.10 Å². The van der Waals surface area contributed by atoms with Crippen LogP contribution in [0.2, 0.25) is 0 Å². The number of phenols is 1. The molecule has 16 heavy (non-hydrogen) atoms. The molecule has 0 saturated carbocycles. The summed E-state index contributed by atoms with van der Waals surface area (Å²) in [5.74, 6) is -3.15. The molecule has 0 aliphatic carbocycles. The van der Waals surface area contributed by atoms with E-state index in [9.17, 15) is 8.78 Å². The van der Waals surface area contributed by atoms with Crippen molar-refractivity contribution in [1.82, 2.24) is 10.2 Å². The van der Waals surface area contributed by atoms with E-state index in [1.807, 2.05) is 0 Å². The standard InChI is InChI=1S/C9H6BrF2N3O/c10-5-1-3(4-2-14-15-9(4)13)6(11)7(12)8(5)16/h1-2,16H,(H3,13,14,15). The van der Waals surface area contributed by atoms with E-state index in [0.29, 0.717) is 0 Å². The third-order valence-electron chi connectivity index (χ3n) is 2.09. The maximum absolute atomic E-state index is 13.5. The molecular formula is C9H6BrF2N3O. The van der Waals surface area contributed by atoms with Crippen molar-refractivity contribution in [3.8, 4) is 16.9 Å². The Balaban J connectivity index is 2.72. The van der Waals surface area contributed by atoms with Gasteiger partial charge in [-0.15, -0.1) is 0 Å². The second-order valence-corrected chi connectivity index (χ2v) is 3.93. The van der Waals surface area contributed by atoms with Gasteiger partial charge in [0.25, 0.3) is 0 Å². The predicted octanol–water partition coefficient (Wildman–Crippen LogP) is 2.41. The summed E-state index contributed by atoms with van der Waals surface area (Å²) in [6.07, 6.45) is 1.27. The number of H-pyrrole nitrogens is 1. The highest BCUT2D eigenvalue weighted by atomic mass is 79.9. The summed E-state index contributed by atoms with van der Waals surface area (Å²) in [4.78, 5) is 0. The SMILES string of the molecule is Nc1[nH]ncc1-c1cc(Br)c(O)c(F)c1F. The van der Waals surface area contributed by atoms with Gasteiger partial charge in [-0.2, -0.15) is 9.49 Å². The summed E-state index contributed by atoms with van der Waals surface area (Å²) in [5, 5.41) is 15.2. The molecule has 0 atom stereocenters. The Bertz CT molecular complexity index is 556. The third kappa shape index (κ3) is 1.53. The molecule has 0 aliphatic heterocycles. The molecule has 4 N–H and O–H groups in total. The van der Waals surface area contributed by atoms with E-state index in [0.717, 1.165) is 0 Å². The number of nitrogens with two attached hydrogens (primary N) is 1. The maximum Gasteiger partial charge on any atom is 0.202 e. The second kappa shape index (κ2) is 3.75. The van der Waals surface area contributed by atoms with Crippen molar-refractivity contribution in [2.24, 2.45) is 0 Å². The molecule has 84 valence electrons. The lowest BCUT2D eigenvalue weighted by Gasteiger charge is -2.06. The first-order valence-corrected chi connectivity index (χ1v) is 4.97. The molecule has 7 heteroatoms. The van der Waals surface area contributed by atoms with Crippen LogP contribution < -0.4 is 5.73 Å². The Morgan fingerprint density at radius 1 is 1.31 bits per heavy atom. The van der Waals surface area contributed by atoms with E-state index >= 15 is 0 Å². The van der Waals surface area contributed by atoms with Gasteiger partial charge in [0.05, 0.1) is 10.7 Å². The summed E-state index contributed by atoms with van der Waals surface area (Å²) >= 11 is 2.91. The normalized spacial score (nSPS) is 10.7. The Labute approximate surface area is 97.2 Å². The van der Waals surface area contributed by atoms with Crippen molar-refractivity contribution < 1.29 is 13.9 Å². The van der Waals surface area contributed by atoms with Gasteiger partial charge in [0.2, 0.25) is 5.82 Å². The Hall–Kier alpha value is -1.63. The van der Waals surface area contributed by atoms with Crippen molar-refractivity contribution in [3.05, 3.63) is 28.4 Å². The number of halogens is 3. The monoisotopic (exact) mass is 289 g/mol.